The molecule has 0 bridgehead atoms. The van der Waals surface area contributed by atoms with Gasteiger partial charge in [0.05, 0.1) is 17.1 Å². The van der Waals surface area contributed by atoms with Crippen LogP contribution in [0.4, 0.5) is 5.82 Å². The maximum Gasteiger partial charge on any atom is 0.138 e. The topological polar surface area (TPSA) is 52.0 Å². The van der Waals surface area contributed by atoms with Gasteiger partial charge in [0.2, 0.25) is 0 Å². The highest BCUT2D eigenvalue weighted by molar-refractivity contribution is 7.18. The van der Waals surface area contributed by atoms with E-state index < -0.39 is 0 Å². The van der Waals surface area contributed by atoms with Crippen molar-refractivity contribution in [2.75, 3.05) is 31.1 Å². The van der Waals surface area contributed by atoms with Crippen molar-refractivity contribution < 1.29 is 0 Å². The van der Waals surface area contributed by atoms with E-state index in [0.29, 0.717) is 5.56 Å². The number of nitrogens with one attached hydrogen (secondary N) is 1. The van der Waals surface area contributed by atoms with E-state index in [-0.39, 0.29) is 0 Å². The average molecular weight is 294 g/mol. The molecule has 0 atom stereocenters. The first kappa shape index (κ1) is 12.6. The van der Waals surface area contributed by atoms with Gasteiger partial charge in [-0.1, -0.05) is 6.07 Å². The van der Waals surface area contributed by atoms with E-state index in [9.17, 15) is 0 Å². The predicted octanol–water partition coefficient (Wildman–Crippen LogP) is 2.73. The van der Waals surface area contributed by atoms with Crippen LogP contribution >= 0.6 is 11.3 Å². The summed E-state index contributed by atoms with van der Waals surface area (Å²) < 4.78 is 1.26. The van der Waals surface area contributed by atoms with Crippen molar-refractivity contribution in [3.8, 4) is 6.07 Å². The molecule has 0 unspecified atom stereocenters. The Bertz CT molecular complexity index is 856. The Morgan fingerprint density at radius 1 is 1.19 bits per heavy atom. The van der Waals surface area contributed by atoms with E-state index in [1.807, 2.05) is 18.2 Å². The molecule has 4 nitrogen and oxygen atoms in total. The van der Waals surface area contributed by atoms with E-state index in [2.05, 4.69) is 27.7 Å². The number of aromatic nitrogens is 1. The first-order chi connectivity index (χ1) is 10.4. The third-order valence-corrected chi connectivity index (χ3v) is 4.87. The fraction of sp³-hybridized carbons (Fsp3) is 0.250. The van der Waals surface area contributed by atoms with Crippen LogP contribution in [0.25, 0.3) is 21.0 Å². The van der Waals surface area contributed by atoms with E-state index >= 15 is 0 Å². The minimum atomic E-state index is 0.664. The molecular weight excluding hydrogens is 280 g/mol. The fourth-order valence-electron chi connectivity index (χ4n) is 2.87. The largest absolute Gasteiger partial charge is 0.354 e. The van der Waals surface area contributed by atoms with Crippen LogP contribution in [0.3, 0.4) is 0 Å². The summed E-state index contributed by atoms with van der Waals surface area (Å²) in [5, 5.41) is 16.9. The summed E-state index contributed by atoms with van der Waals surface area (Å²) in [5.74, 6) is 1.05. The molecule has 1 N–H and O–H groups in total. The summed E-state index contributed by atoms with van der Waals surface area (Å²) >= 11 is 1.74. The average Bonchev–Trinajstić information content (AvgIpc) is 3.04. The minimum absolute atomic E-state index is 0.664. The number of rotatable bonds is 1. The van der Waals surface area contributed by atoms with Gasteiger partial charge in [0.1, 0.15) is 5.82 Å². The quantitative estimate of drug-likeness (QED) is 0.750. The Kier molecular flexibility index (Phi) is 2.99. The Morgan fingerprint density at radius 2 is 2.05 bits per heavy atom. The van der Waals surface area contributed by atoms with Crippen LogP contribution < -0.4 is 10.2 Å². The summed E-state index contributed by atoms with van der Waals surface area (Å²) in [4.78, 5) is 7.20. The molecule has 1 saturated heterocycles. The molecule has 1 aromatic carbocycles. The molecule has 0 spiro atoms. The monoisotopic (exact) mass is 294 g/mol. The van der Waals surface area contributed by atoms with Crippen LogP contribution in [0, 0.1) is 11.3 Å². The van der Waals surface area contributed by atoms with Crippen LogP contribution in [-0.4, -0.2) is 31.2 Å². The lowest BCUT2D eigenvalue weighted by atomic mass is 10.1. The summed E-state index contributed by atoms with van der Waals surface area (Å²) in [7, 11) is 0. The SMILES string of the molecule is N#Cc1ccc2c(c1)nc(N1CCNCC1)c1ccsc12. The number of piperazine rings is 1. The highest BCUT2D eigenvalue weighted by Gasteiger charge is 2.17. The smallest absolute Gasteiger partial charge is 0.138 e. The Balaban J connectivity index is 1.99. The minimum Gasteiger partial charge on any atom is -0.354 e. The number of nitrogens with zero attached hydrogens (tertiary/aromatic N) is 3. The lowest BCUT2D eigenvalue weighted by Gasteiger charge is -2.29. The van der Waals surface area contributed by atoms with Crippen molar-refractivity contribution in [2.45, 2.75) is 0 Å². The number of nitriles is 1. The number of hydrogen-bond acceptors (Lipinski definition) is 5. The maximum absolute atomic E-state index is 9.09. The highest BCUT2D eigenvalue weighted by atomic mass is 32.1. The first-order valence-electron chi connectivity index (χ1n) is 7.03. The Hall–Kier alpha value is -2.16. The number of pyridine rings is 1. The van der Waals surface area contributed by atoms with Crippen molar-refractivity contribution in [2.24, 2.45) is 0 Å². The van der Waals surface area contributed by atoms with Gasteiger partial charge in [-0.3, -0.25) is 0 Å². The Labute approximate surface area is 126 Å². The molecule has 2 aromatic heterocycles. The highest BCUT2D eigenvalue weighted by Crippen LogP contribution is 2.35. The van der Waals surface area contributed by atoms with Gasteiger partial charge < -0.3 is 10.2 Å². The van der Waals surface area contributed by atoms with Crippen molar-refractivity contribution in [1.29, 1.82) is 5.26 Å². The molecule has 0 aliphatic carbocycles. The number of fused-ring (bicyclic) bond motifs is 3. The maximum atomic E-state index is 9.09. The molecule has 104 valence electrons. The van der Waals surface area contributed by atoms with Gasteiger partial charge in [-0.25, -0.2) is 4.98 Å². The molecule has 1 fully saturated rings. The van der Waals surface area contributed by atoms with Gasteiger partial charge in [-0.05, 0) is 23.6 Å². The Morgan fingerprint density at radius 3 is 2.86 bits per heavy atom. The third kappa shape index (κ3) is 2.04. The summed E-state index contributed by atoms with van der Waals surface area (Å²) in [5.41, 5.74) is 1.58. The standard InChI is InChI=1S/C16H14N4S/c17-10-11-1-2-12-14(9-11)19-16(13-3-8-21-15(12)13)20-6-4-18-5-7-20/h1-3,8-9,18H,4-7H2. The van der Waals surface area contributed by atoms with Gasteiger partial charge in [-0.2, -0.15) is 5.26 Å². The van der Waals surface area contributed by atoms with Gasteiger partial charge >= 0.3 is 0 Å². The lowest BCUT2D eigenvalue weighted by Crippen LogP contribution is -2.43. The first-order valence-corrected chi connectivity index (χ1v) is 7.91. The molecule has 3 heterocycles. The molecule has 1 aliphatic heterocycles. The van der Waals surface area contributed by atoms with Crippen LogP contribution in [0.15, 0.2) is 29.6 Å². The van der Waals surface area contributed by atoms with Crippen LogP contribution in [0.5, 0.6) is 0 Å². The van der Waals surface area contributed by atoms with Crippen molar-refractivity contribution in [3.05, 3.63) is 35.2 Å². The number of anilines is 1. The molecule has 3 aromatic rings. The van der Waals surface area contributed by atoms with E-state index in [1.54, 1.807) is 11.3 Å². The van der Waals surface area contributed by atoms with Crippen molar-refractivity contribution in [3.63, 3.8) is 0 Å². The number of hydrogen-bond donors (Lipinski definition) is 1. The lowest BCUT2D eigenvalue weighted by molar-refractivity contribution is 0.587. The second-order valence-corrected chi connectivity index (χ2v) is 6.10. The van der Waals surface area contributed by atoms with E-state index in [4.69, 9.17) is 10.2 Å². The zero-order valence-corrected chi connectivity index (χ0v) is 12.3. The molecule has 21 heavy (non-hydrogen) atoms. The van der Waals surface area contributed by atoms with Gasteiger partial charge in [-0.15, -0.1) is 11.3 Å². The zero-order chi connectivity index (χ0) is 14.2. The molecule has 0 amide bonds. The van der Waals surface area contributed by atoms with Crippen LogP contribution in [0.2, 0.25) is 0 Å². The normalized spacial score (nSPS) is 15.5. The van der Waals surface area contributed by atoms with Gasteiger partial charge in [0.15, 0.2) is 0 Å². The molecule has 4 rings (SSSR count). The van der Waals surface area contributed by atoms with Crippen molar-refractivity contribution in [1.82, 2.24) is 10.3 Å². The molecule has 0 radical (unpaired) electrons. The summed E-state index contributed by atoms with van der Waals surface area (Å²) in [6.07, 6.45) is 0. The van der Waals surface area contributed by atoms with Crippen LogP contribution in [0.1, 0.15) is 5.56 Å². The predicted molar refractivity (Wildman–Crippen MR) is 86.9 cm³/mol. The second-order valence-electron chi connectivity index (χ2n) is 5.18. The second kappa shape index (κ2) is 4.99. The van der Waals surface area contributed by atoms with Crippen molar-refractivity contribution >= 4 is 38.1 Å². The van der Waals surface area contributed by atoms with Gasteiger partial charge in [0.25, 0.3) is 0 Å². The fourth-order valence-corrected chi connectivity index (χ4v) is 3.80. The zero-order valence-electron chi connectivity index (χ0n) is 11.5. The van der Waals surface area contributed by atoms with Gasteiger partial charge in [0, 0.05) is 41.7 Å². The third-order valence-electron chi connectivity index (χ3n) is 3.92. The molecule has 5 heteroatoms. The van der Waals surface area contributed by atoms with Crippen LogP contribution in [-0.2, 0) is 0 Å². The number of thiophene rings is 1. The van der Waals surface area contributed by atoms with E-state index in [0.717, 1.165) is 42.9 Å². The summed E-state index contributed by atoms with van der Waals surface area (Å²) in [6.45, 7) is 3.93. The number of benzene rings is 1. The molecule has 1 aliphatic rings. The molecular formula is C16H14N4S. The molecule has 0 saturated carbocycles. The summed E-state index contributed by atoms with van der Waals surface area (Å²) in [6, 6.07) is 10.1. The van der Waals surface area contributed by atoms with E-state index in [1.165, 1.54) is 10.1 Å².